The monoisotopic (exact) mass is 272 g/mol. The van der Waals surface area contributed by atoms with Crippen LogP contribution in [-0.4, -0.2) is 16.0 Å². The lowest BCUT2D eigenvalue weighted by Crippen LogP contribution is -2.21. The molecule has 20 heavy (non-hydrogen) atoms. The molecule has 0 aromatic heterocycles. The third-order valence-electron chi connectivity index (χ3n) is 2.53. The topological polar surface area (TPSA) is 99.8 Å². The minimum absolute atomic E-state index is 0.00287. The lowest BCUT2D eigenvalue weighted by molar-refractivity contribution is -0.384. The largest absolute Gasteiger partial charge is 0.290 e. The smallest absolute Gasteiger partial charge is 0.269 e. The Hall–Kier alpha value is -2.93. The van der Waals surface area contributed by atoms with E-state index in [0.717, 1.165) is 0 Å². The molecule has 102 valence electrons. The molecular formula is C13H12N4O3. The van der Waals surface area contributed by atoms with E-state index in [9.17, 15) is 10.1 Å². The standard InChI is InChI=1S/C13H12N4O3/c18-16-13(10-4-2-1-3-5-10)15-14-11-6-8-12(9-7-11)17(19)20/h1-9,14,18H,(H,15,16). The van der Waals surface area contributed by atoms with Gasteiger partial charge in [-0.15, -0.1) is 0 Å². The van der Waals surface area contributed by atoms with E-state index in [1.807, 2.05) is 23.7 Å². The summed E-state index contributed by atoms with van der Waals surface area (Å²) in [6.07, 6.45) is 0. The molecule has 0 fully saturated rings. The van der Waals surface area contributed by atoms with Crippen LogP contribution < -0.4 is 10.9 Å². The summed E-state index contributed by atoms with van der Waals surface area (Å²) in [5.41, 5.74) is 5.97. The third-order valence-corrected chi connectivity index (χ3v) is 2.53. The Morgan fingerprint density at radius 3 is 2.30 bits per heavy atom. The van der Waals surface area contributed by atoms with Gasteiger partial charge in [0.2, 0.25) is 0 Å². The zero-order valence-electron chi connectivity index (χ0n) is 10.4. The highest BCUT2D eigenvalue weighted by atomic mass is 16.6. The van der Waals surface area contributed by atoms with Crippen LogP contribution in [0, 0.1) is 10.1 Å². The molecule has 7 nitrogen and oxygen atoms in total. The average molecular weight is 272 g/mol. The van der Waals surface area contributed by atoms with E-state index in [-0.39, 0.29) is 11.5 Å². The van der Waals surface area contributed by atoms with Gasteiger partial charge in [-0.25, -0.2) is 0 Å². The Morgan fingerprint density at radius 2 is 1.75 bits per heavy atom. The van der Waals surface area contributed by atoms with Crippen LogP contribution in [0.2, 0.25) is 0 Å². The van der Waals surface area contributed by atoms with Gasteiger partial charge in [-0.2, -0.15) is 5.10 Å². The van der Waals surface area contributed by atoms with Crippen molar-refractivity contribution in [2.24, 2.45) is 5.10 Å². The molecule has 0 bridgehead atoms. The molecule has 0 saturated carbocycles. The Labute approximate surface area is 114 Å². The van der Waals surface area contributed by atoms with Crippen LogP contribution in [0.1, 0.15) is 5.56 Å². The fourth-order valence-electron chi connectivity index (χ4n) is 1.53. The number of nitro groups is 1. The SMILES string of the molecule is O=[N+]([O-])c1ccc(N/N=C(\NO)c2ccccc2)cc1. The first-order valence-electron chi connectivity index (χ1n) is 5.74. The van der Waals surface area contributed by atoms with E-state index in [0.29, 0.717) is 11.3 Å². The average Bonchev–Trinajstić information content (AvgIpc) is 2.49. The van der Waals surface area contributed by atoms with Crippen LogP contribution in [0.3, 0.4) is 0 Å². The molecule has 2 aromatic rings. The number of amidine groups is 1. The minimum atomic E-state index is -0.474. The number of anilines is 1. The van der Waals surface area contributed by atoms with Gasteiger partial charge >= 0.3 is 0 Å². The fourth-order valence-corrected chi connectivity index (χ4v) is 1.53. The minimum Gasteiger partial charge on any atom is -0.290 e. The second kappa shape index (κ2) is 6.30. The van der Waals surface area contributed by atoms with Crippen LogP contribution in [0.5, 0.6) is 0 Å². The van der Waals surface area contributed by atoms with Gasteiger partial charge in [0, 0.05) is 17.7 Å². The number of nitro benzene ring substituents is 1. The molecule has 0 aliphatic rings. The number of nitrogens with one attached hydrogen (secondary N) is 2. The molecular weight excluding hydrogens is 260 g/mol. The number of hydroxylamine groups is 1. The molecule has 0 amide bonds. The van der Waals surface area contributed by atoms with Gasteiger partial charge < -0.3 is 0 Å². The van der Waals surface area contributed by atoms with Gasteiger partial charge in [0.1, 0.15) is 0 Å². The Balaban J connectivity index is 2.12. The van der Waals surface area contributed by atoms with Crippen molar-refractivity contribution in [2.45, 2.75) is 0 Å². The normalized spacial score (nSPS) is 10.9. The van der Waals surface area contributed by atoms with Gasteiger partial charge in [0.05, 0.1) is 10.6 Å². The number of benzene rings is 2. The summed E-state index contributed by atoms with van der Waals surface area (Å²) >= 11 is 0. The second-order valence-corrected chi connectivity index (χ2v) is 3.85. The van der Waals surface area contributed by atoms with Crippen molar-refractivity contribution < 1.29 is 10.1 Å². The summed E-state index contributed by atoms with van der Waals surface area (Å²) in [6, 6.07) is 14.8. The maximum absolute atomic E-state index is 10.5. The van der Waals surface area contributed by atoms with Crippen molar-refractivity contribution in [1.82, 2.24) is 5.48 Å². The Kier molecular flexibility index (Phi) is 4.25. The molecule has 0 saturated heterocycles. The van der Waals surface area contributed by atoms with E-state index in [4.69, 9.17) is 5.21 Å². The number of hydrogen-bond acceptors (Lipinski definition) is 5. The lowest BCUT2D eigenvalue weighted by Gasteiger charge is -2.06. The number of hydrogen-bond donors (Lipinski definition) is 3. The first-order chi connectivity index (χ1) is 9.70. The highest BCUT2D eigenvalue weighted by molar-refractivity contribution is 5.98. The molecule has 0 unspecified atom stereocenters. The Morgan fingerprint density at radius 1 is 1.10 bits per heavy atom. The van der Waals surface area contributed by atoms with Crippen LogP contribution in [0.15, 0.2) is 59.7 Å². The van der Waals surface area contributed by atoms with Gasteiger partial charge in [0.15, 0.2) is 5.84 Å². The molecule has 0 atom stereocenters. The van der Waals surface area contributed by atoms with Gasteiger partial charge in [-0.3, -0.25) is 26.2 Å². The van der Waals surface area contributed by atoms with Crippen molar-refractivity contribution in [3.05, 3.63) is 70.3 Å². The van der Waals surface area contributed by atoms with E-state index >= 15 is 0 Å². The molecule has 2 aromatic carbocycles. The molecule has 0 radical (unpaired) electrons. The molecule has 3 N–H and O–H groups in total. The first kappa shape index (κ1) is 13.5. The van der Waals surface area contributed by atoms with Crippen molar-refractivity contribution in [3.8, 4) is 0 Å². The summed E-state index contributed by atoms with van der Waals surface area (Å²) in [4.78, 5) is 10.0. The number of non-ortho nitro benzene ring substituents is 1. The zero-order chi connectivity index (χ0) is 14.4. The van der Waals surface area contributed by atoms with Crippen molar-refractivity contribution >= 4 is 17.2 Å². The number of rotatable bonds is 4. The molecule has 0 aliphatic heterocycles. The van der Waals surface area contributed by atoms with Gasteiger partial charge in [0.25, 0.3) is 5.69 Å². The van der Waals surface area contributed by atoms with E-state index < -0.39 is 4.92 Å². The van der Waals surface area contributed by atoms with E-state index in [1.165, 1.54) is 24.3 Å². The molecule has 0 spiro atoms. The summed E-state index contributed by atoms with van der Waals surface area (Å²) in [7, 11) is 0. The second-order valence-electron chi connectivity index (χ2n) is 3.85. The quantitative estimate of drug-likeness (QED) is 0.343. The fraction of sp³-hybridized carbons (Fsp3) is 0. The number of nitrogens with zero attached hydrogens (tertiary/aromatic N) is 2. The maximum Gasteiger partial charge on any atom is 0.269 e. The summed E-state index contributed by atoms with van der Waals surface area (Å²) < 4.78 is 0. The summed E-state index contributed by atoms with van der Waals surface area (Å²) in [5, 5.41) is 23.6. The lowest BCUT2D eigenvalue weighted by atomic mass is 10.2. The molecule has 7 heteroatoms. The van der Waals surface area contributed by atoms with Crippen molar-refractivity contribution in [2.75, 3.05) is 5.43 Å². The summed E-state index contributed by atoms with van der Waals surface area (Å²) in [5.74, 6) is 0.240. The predicted octanol–water partition coefficient (Wildman–Crippen LogP) is 2.35. The Bertz CT molecular complexity index is 611. The van der Waals surface area contributed by atoms with Crippen LogP contribution in [-0.2, 0) is 0 Å². The van der Waals surface area contributed by atoms with Gasteiger partial charge in [-0.05, 0) is 12.1 Å². The maximum atomic E-state index is 10.5. The highest BCUT2D eigenvalue weighted by Crippen LogP contribution is 2.15. The zero-order valence-corrected chi connectivity index (χ0v) is 10.4. The van der Waals surface area contributed by atoms with Crippen LogP contribution in [0.4, 0.5) is 11.4 Å². The molecule has 2 rings (SSSR count). The highest BCUT2D eigenvalue weighted by Gasteiger charge is 2.04. The van der Waals surface area contributed by atoms with E-state index in [2.05, 4.69) is 10.5 Å². The predicted molar refractivity (Wildman–Crippen MR) is 74.6 cm³/mol. The molecule has 0 heterocycles. The molecule has 0 aliphatic carbocycles. The van der Waals surface area contributed by atoms with Crippen LogP contribution in [0.25, 0.3) is 0 Å². The van der Waals surface area contributed by atoms with Gasteiger partial charge in [-0.1, -0.05) is 30.3 Å². The van der Waals surface area contributed by atoms with Crippen molar-refractivity contribution in [1.29, 1.82) is 0 Å². The number of hydrazone groups is 1. The van der Waals surface area contributed by atoms with Crippen LogP contribution >= 0.6 is 0 Å². The van der Waals surface area contributed by atoms with Crippen molar-refractivity contribution in [3.63, 3.8) is 0 Å². The first-order valence-corrected chi connectivity index (χ1v) is 5.74. The van der Waals surface area contributed by atoms with E-state index in [1.54, 1.807) is 12.1 Å². The third kappa shape index (κ3) is 3.30. The summed E-state index contributed by atoms with van der Waals surface area (Å²) in [6.45, 7) is 0.